The molecule has 0 aromatic carbocycles. The van der Waals surface area contributed by atoms with Gasteiger partial charge in [-0.1, -0.05) is 0 Å². The first-order chi connectivity index (χ1) is 9.97. The molecule has 1 heterocycles. The minimum atomic E-state index is -1.06. The summed E-state index contributed by atoms with van der Waals surface area (Å²) in [6.45, 7) is 0. The molecule has 0 radical (unpaired) electrons. The zero-order valence-corrected chi connectivity index (χ0v) is 12.0. The Morgan fingerprint density at radius 3 is 2.38 bits per heavy atom. The van der Waals surface area contributed by atoms with E-state index in [1.165, 1.54) is 11.3 Å². The van der Waals surface area contributed by atoms with Gasteiger partial charge in [0.1, 0.15) is 5.00 Å². The molecule has 3 N–H and O–H groups in total. The van der Waals surface area contributed by atoms with Gasteiger partial charge in [-0.3, -0.25) is 9.59 Å². The van der Waals surface area contributed by atoms with Gasteiger partial charge in [0.15, 0.2) is 0 Å². The monoisotopic (exact) mass is 309 g/mol. The Balaban J connectivity index is 1.91. The number of carbonyl (C=O) groups excluding carboxylic acids is 1. The van der Waals surface area contributed by atoms with Gasteiger partial charge in [0.05, 0.1) is 11.5 Å². The molecule has 6 nitrogen and oxygen atoms in total. The van der Waals surface area contributed by atoms with E-state index in [1.807, 2.05) is 0 Å². The summed E-state index contributed by atoms with van der Waals surface area (Å²) in [4.78, 5) is 35.2. The van der Waals surface area contributed by atoms with Crippen LogP contribution in [0.2, 0.25) is 0 Å². The van der Waals surface area contributed by atoms with Gasteiger partial charge in [0.2, 0.25) is 5.91 Å². The summed E-state index contributed by atoms with van der Waals surface area (Å²) in [5.74, 6) is -2.52. The number of carboxylic acids is 2. The molecule has 1 aromatic heterocycles. The SMILES string of the molecule is O=C(O)c1c(NC(=O)C2CC2)sc2c1CCC(C(=O)O)C2. The summed E-state index contributed by atoms with van der Waals surface area (Å²) in [5, 5.41) is 21.5. The topological polar surface area (TPSA) is 104 Å². The molecule has 0 aliphatic heterocycles. The maximum atomic E-state index is 11.8. The first kappa shape index (κ1) is 14.1. The fourth-order valence-corrected chi connectivity index (χ4v) is 3.99. The van der Waals surface area contributed by atoms with Crippen molar-refractivity contribution in [2.75, 3.05) is 5.32 Å². The van der Waals surface area contributed by atoms with Crippen LogP contribution in [0.3, 0.4) is 0 Å². The number of anilines is 1. The Bertz CT molecular complexity index is 632. The second-order valence-corrected chi connectivity index (χ2v) is 6.66. The molecular weight excluding hydrogens is 294 g/mol. The highest BCUT2D eigenvalue weighted by Gasteiger charge is 2.34. The molecule has 112 valence electrons. The summed E-state index contributed by atoms with van der Waals surface area (Å²) in [6, 6.07) is 0. The van der Waals surface area contributed by atoms with Crippen molar-refractivity contribution in [1.29, 1.82) is 0 Å². The van der Waals surface area contributed by atoms with E-state index in [4.69, 9.17) is 5.11 Å². The third kappa shape index (κ3) is 2.65. The van der Waals surface area contributed by atoms with Gasteiger partial charge in [-0.15, -0.1) is 11.3 Å². The first-order valence-corrected chi connectivity index (χ1v) is 7.70. The lowest BCUT2D eigenvalue weighted by atomic mass is 9.87. The van der Waals surface area contributed by atoms with Gasteiger partial charge in [0, 0.05) is 10.8 Å². The van der Waals surface area contributed by atoms with Crippen LogP contribution in [0.15, 0.2) is 0 Å². The van der Waals surface area contributed by atoms with Crippen molar-refractivity contribution in [3.05, 3.63) is 16.0 Å². The molecule has 1 saturated carbocycles. The number of amides is 1. The maximum Gasteiger partial charge on any atom is 0.339 e. The highest BCUT2D eigenvalue weighted by Crippen LogP contribution is 2.41. The van der Waals surface area contributed by atoms with Gasteiger partial charge in [-0.05, 0) is 37.7 Å². The Morgan fingerprint density at radius 2 is 1.81 bits per heavy atom. The third-order valence-corrected chi connectivity index (χ3v) is 5.18. The van der Waals surface area contributed by atoms with Gasteiger partial charge < -0.3 is 15.5 Å². The van der Waals surface area contributed by atoms with Crippen molar-refractivity contribution in [3.8, 4) is 0 Å². The smallest absolute Gasteiger partial charge is 0.339 e. The second-order valence-electron chi connectivity index (χ2n) is 5.55. The number of aliphatic carboxylic acids is 1. The zero-order valence-electron chi connectivity index (χ0n) is 11.2. The number of fused-ring (bicyclic) bond motifs is 1. The van der Waals surface area contributed by atoms with Crippen LogP contribution in [0.5, 0.6) is 0 Å². The third-order valence-electron chi connectivity index (χ3n) is 4.01. The van der Waals surface area contributed by atoms with Crippen LogP contribution in [-0.2, 0) is 22.4 Å². The lowest BCUT2D eigenvalue weighted by Gasteiger charge is -2.18. The minimum absolute atomic E-state index is 0.00228. The largest absolute Gasteiger partial charge is 0.481 e. The average molecular weight is 309 g/mol. The van der Waals surface area contributed by atoms with Crippen molar-refractivity contribution in [3.63, 3.8) is 0 Å². The lowest BCUT2D eigenvalue weighted by Crippen LogP contribution is -2.22. The number of carboxylic acid groups (broad SMARTS) is 2. The molecule has 0 saturated heterocycles. The zero-order chi connectivity index (χ0) is 15.1. The molecule has 1 aromatic rings. The normalized spacial score (nSPS) is 20.7. The van der Waals surface area contributed by atoms with Crippen LogP contribution in [0.25, 0.3) is 0 Å². The van der Waals surface area contributed by atoms with Crippen molar-refractivity contribution < 1.29 is 24.6 Å². The number of thiophene rings is 1. The van der Waals surface area contributed by atoms with E-state index in [0.717, 1.165) is 17.7 Å². The Kier molecular flexibility index (Phi) is 3.44. The summed E-state index contributed by atoms with van der Waals surface area (Å²) >= 11 is 1.21. The van der Waals surface area contributed by atoms with E-state index in [-0.39, 0.29) is 17.4 Å². The van der Waals surface area contributed by atoms with Crippen molar-refractivity contribution in [2.45, 2.75) is 32.1 Å². The molecule has 7 heteroatoms. The van der Waals surface area contributed by atoms with E-state index in [9.17, 15) is 19.5 Å². The minimum Gasteiger partial charge on any atom is -0.481 e. The molecular formula is C14H15NO5S. The Hall–Kier alpha value is -1.89. The predicted octanol–water partition coefficient (Wildman–Crippen LogP) is 1.98. The van der Waals surface area contributed by atoms with E-state index < -0.39 is 17.9 Å². The van der Waals surface area contributed by atoms with Crippen LogP contribution in [0, 0.1) is 11.8 Å². The van der Waals surface area contributed by atoms with Crippen LogP contribution in [-0.4, -0.2) is 28.1 Å². The van der Waals surface area contributed by atoms with E-state index in [2.05, 4.69) is 5.32 Å². The van der Waals surface area contributed by atoms with Crippen molar-refractivity contribution >= 4 is 34.2 Å². The maximum absolute atomic E-state index is 11.8. The van der Waals surface area contributed by atoms with Gasteiger partial charge in [-0.25, -0.2) is 4.79 Å². The van der Waals surface area contributed by atoms with E-state index in [0.29, 0.717) is 29.8 Å². The molecule has 3 rings (SSSR count). The summed E-state index contributed by atoms with van der Waals surface area (Å²) in [6.07, 6.45) is 2.91. The number of aromatic carboxylic acids is 1. The molecule has 1 atom stereocenters. The first-order valence-electron chi connectivity index (χ1n) is 6.89. The summed E-state index contributed by atoms with van der Waals surface area (Å²) in [5.41, 5.74) is 0.837. The number of nitrogens with one attached hydrogen (secondary N) is 1. The molecule has 0 spiro atoms. The summed E-state index contributed by atoms with van der Waals surface area (Å²) < 4.78 is 0. The van der Waals surface area contributed by atoms with Crippen LogP contribution in [0.4, 0.5) is 5.00 Å². The van der Waals surface area contributed by atoms with Crippen molar-refractivity contribution in [1.82, 2.24) is 0 Å². The average Bonchev–Trinajstić information content (AvgIpc) is 3.19. The number of rotatable bonds is 4. The highest BCUT2D eigenvalue weighted by atomic mass is 32.1. The number of hydrogen-bond donors (Lipinski definition) is 3. The fraction of sp³-hybridized carbons (Fsp3) is 0.500. The van der Waals surface area contributed by atoms with Gasteiger partial charge >= 0.3 is 11.9 Å². The standard InChI is InChI=1S/C14H15NO5S/c16-11(6-1-2-6)15-12-10(14(19)20)8-4-3-7(13(17)18)5-9(8)21-12/h6-7H,1-5H2,(H,15,16)(H,17,18)(H,19,20). The quantitative estimate of drug-likeness (QED) is 0.789. The van der Waals surface area contributed by atoms with Gasteiger partial charge in [-0.2, -0.15) is 0 Å². The molecule has 1 fully saturated rings. The molecule has 2 aliphatic rings. The second kappa shape index (κ2) is 5.14. The number of carbonyl (C=O) groups is 3. The van der Waals surface area contributed by atoms with Crippen LogP contribution < -0.4 is 5.32 Å². The molecule has 1 amide bonds. The highest BCUT2D eigenvalue weighted by molar-refractivity contribution is 7.17. The van der Waals surface area contributed by atoms with Gasteiger partial charge in [0.25, 0.3) is 0 Å². The van der Waals surface area contributed by atoms with E-state index >= 15 is 0 Å². The molecule has 21 heavy (non-hydrogen) atoms. The Labute approximate surface area is 124 Å². The molecule has 2 aliphatic carbocycles. The predicted molar refractivity (Wildman–Crippen MR) is 75.8 cm³/mol. The fourth-order valence-electron chi connectivity index (χ4n) is 2.67. The lowest BCUT2D eigenvalue weighted by molar-refractivity contribution is -0.142. The summed E-state index contributed by atoms with van der Waals surface area (Å²) in [7, 11) is 0. The number of hydrogen-bond acceptors (Lipinski definition) is 4. The Morgan fingerprint density at radius 1 is 1.10 bits per heavy atom. The molecule has 0 bridgehead atoms. The molecule has 1 unspecified atom stereocenters. The van der Waals surface area contributed by atoms with Crippen molar-refractivity contribution in [2.24, 2.45) is 11.8 Å². The van der Waals surface area contributed by atoms with E-state index in [1.54, 1.807) is 0 Å². The van der Waals surface area contributed by atoms with Crippen LogP contribution in [0.1, 0.15) is 40.1 Å². The van der Waals surface area contributed by atoms with Crippen LogP contribution >= 0.6 is 11.3 Å².